The van der Waals surface area contributed by atoms with Gasteiger partial charge in [-0.3, -0.25) is 4.79 Å². The minimum absolute atomic E-state index is 0.0208. The zero-order valence-corrected chi connectivity index (χ0v) is 11.0. The summed E-state index contributed by atoms with van der Waals surface area (Å²) in [6, 6.07) is 5.98. The molecule has 0 aromatic heterocycles. The van der Waals surface area contributed by atoms with Crippen LogP contribution in [-0.4, -0.2) is 36.9 Å². The summed E-state index contributed by atoms with van der Waals surface area (Å²) in [5.41, 5.74) is 6.84. The number of carbonyl (C=O) groups excluding carboxylic acids is 1. The van der Waals surface area contributed by atoms with Crippen LogP contribution in [-0.2, 0) is 0 Å². The highest BCUT2D eigenvalue weighted by Crippen LogP contribution is 2.25. The molecule has 0 atom stereocenters. The molecule has 0 heterocycles. The Balaban J connectivity index is 1.85. The van der Waals surface area contributed by atoms with E-state index < -0.39 is 0 Å². The van der Waals surface area contributed by atoms with Crippen molar-refractivity contribution in [2.75, 3.05) is 25.9 Å². The lowest BCUT2D eigenvalue weighted by atomic mass is 10.1. The summed E-state index contributed by atoms with van der Waals surface area (Å²) in [7, 11) is 2.12. The van der Waals surface area contributed by atoms with Crippen molar-refractivity contribution in [3.63, 3.8) is 0 Å². The molecule has 1 aliphatic rings. The number of benzene rings is 1. The van der Waals surface area contributed by atoms with Gasteiger partial charge in [-0.05, 0) is 38.9 Å². The van der Waals surface area contributed by atoms with Gasteiger partial charge >= 0.3 is 0 Å². The Morgan fingerprint density at radius 2 is 2.22 bits per heavy atom. The number of nitrogens with two attached hydrogens (primary N) is 1. The molecule has 1 fully saturated rings. The number of Topliss-reactive ketones (excluding diaryl/α,β-unsaturated/α-hetero) is 1. The summed E-state index contributed by atoms with van der Waals surface area (Å²) in [6.07, 6.45) is 2.60. The zero-order chi connectivity index (χ0) is 13.1. The molecule has 0 bridgehead atoms. The Morgan fingerprint density at radius 1 is 1.50 bits per heavy atom. The third kappa shape index (κ3) is 3.23. The Bertz CT molecular complexity index is 441. The first-order valence-corrected chi connectivity index (χ1v) is 6.31. The number of carbonyl (C=O) groups is 1. The fourth-order valence-electron chi connectivity index (χ4n) is 1.96. The van der Waals surface area contributed by atoms with Crippen molar-refractivity contribution in [2.24, 2.45) is 0 Å². The van der Waals surface area contributed by atoms with Crippen molar-refractivity contribution in [1.82, 2.24) is 4.90 Å². The number of hydrogen-bond acceptors (Lipinski definition) is 4. The molecule has 0 radical (unpaired) electrons. The number of rotatable bonds is 6. The highest BCUT2D eigenvalue weighted by atomic mass is 16.5. The molecule has 0 saturated heterocycles. The van der Waals surface area contributed by atoms with Gasteiger partial charge in [0.15, 0.2) is 5.78 Å². The molecular formula is C14H20N2O2. The third-order valence-corrected chi connectivity index (χ3v) is 3.29. The Morgan fingerprint density at radius 3 is 2.78 bits per heavy atom. The lowest BCUT2D eigenvalue weighted by Gasteiger charge is -2.16. The first-order chi connectivity index (χ1) is 8.58. The van der Waals surface area contributed by atoms with E-state index in [0.29, 0.717) is 17.9 Å². The standard InChI is InChI=1S/C14H20N2O2/c1-10(17)13-6-5-12(9-14(13)15)18-8-7-16(2)11-3-4-11/h5-6,9,11H,3-4,7-8,15H2,1-2H3. The lowest BCUT2D eigenvalue weighted by molar-refractivity contribution is 0.101. The van der Waals surface area contributed by atoms with Gasteiger partial charge in [0, 0.05) is 29.9 Å². The smallest absolute Gasteiger partial charge is 0.161 e. The van der Waals surface area contributed by atoms with E-state index in [-0.39, 0.29) is 5.78 Å². The van der Waals surface area contributed by atoms with E-state index in [4.69, 9.17) is 10.5 Å². The summed E-state index contributed by atoms with van der Waals surface area (Å²) in [5, 5.41) is 0. The number of anilines is 1. The third-order valence-electron chi connectivity index (χ3n) is 3.29. The molecule has 1 aromatic carbocycles. The predicted octanol–water partition coefficient (Wildman–Crippen LogP) is 1.94. The maximum Gasteiger partial charge on any atom is 0.161 e. The highest BCUT2D eigenvalue weighted by Gasteiger charge is 2.25. The quantitative estimate of drug-likeness (QED) is 0.617. The molecule has 1 aromatic rings. The van der Waals surface area contributed by atoms with Crippen molar-refractivity contribution in [3.05, 3.63) is 23.8 Å². The molecule has 0 aliphatic heterocycles. The van der Waals surface area contributed by atoms with Gasteiger partial charge in [-0.15, -0.1) is 0 Å². The summed E-state index contributed by atoms with van der Waals surface area (Å²) < 4.78 is 5.64. The van der Waals surface area contributed by atoms with Gasteiger partial charge in [0.1, 0.15) is 12.4 Å². The minimum Gasteiger partial charge on any atom is -0.492 e. The van der Waals surface area contributed by atoms with Gasteiger partial charge in [-0.2, -0.15) is 0 Å². The van der Waals surface area contributed by atoms with Crippen molar-refractivity contribution >= 4 is 11.5 Å². The number of ketones is 1. The maximum absolute atomic E-state index is 11.2. The van der Waals surface area contributed by atoms with E-state index in [9.17, 15) is 4.79 Å². The molecule has 1 saturated carbocycles. The van der Waals surface area contributed by atoms with E-state index in [1.807, 2.05) is 0 Å². The van der Waals surface area contributed by atoms with Crippen LogP contribution in [0, 0.1) is 0 Å². The summed E-state index contributed by atoms with van der Waals surface area (Å²) >= 11 is 0. The van der Waals surface area contributed by atoms with E-state index in [2.05, 4.69) is 11.9 Å². The van der Waals surface area contributed by atoms with E-state index in [1.54, 1.807) is 18.2 Å². The van der Waals surface area contributed by atoms with Crippen LogP contribution in [0.25, 0.3) is 0 Å². The number of likely N-dealkylation sites (N-methyl/N-ethyl adjacent to an activating group) is 1. The number of hydrogen-bond donors (Lipinski definition) is 1. The molecule has 0 unspecified atom stereocenters. The predicted molar refractivity (Wildman–Crippen MR) is 72.0 cm³/mol. The molecule has 18 heavy (non-hydrogen) atoms. The van der Waals surface area contributed by atoms with Crippen LogP contribution in [0.5, 0.6) is 5.75 Å². The molecule has 0 amide bonds. The van der Waals surface area contributed by atoms with Gasteiger partial charge < -0.3 is 15.4 Å². The van der Waals surface area contributed by atoms with Crippen LogP contribution >= 0.6 is 0 Å². The van der Waals surface area contributed by atoms with Crippen LogP contribution in [0.3, 0.4) is 0 Å². The van der Waals surface area contributed by atoms with Gasteiger partial charge in [-0.1, -0.05) is 0 Å². The van der Waals surface area contributed by atoms with Gasteiger partial charge in [-0.25, -0.2) is 0 Å². The molecule has 2 rings (SSSR count). The van der Waals surface area contributed by atoms with Gasteiger partial charge in [0.25, 0.3) is 0 Å². The first kappa shape index (κ1) is 12.9. The average Bonchev–Trinajstić information content (AvgIpc) is 3.12. The lowest BCUT2D eigenvalue weighted by Crippen LogP contribution is -2.26. The first-order valence-electron chi connectivity index (χ1n) is 6.31. The summed E-state index contributed by atoms with van der Waals surface area (Å²) in [5.74, 6) is 0.703. The Kier molecular flexibility index (Phi) is 3.87. The van der Waals surface area contributed by atoms with Crippen LogP contribution in [0.2, 0.25) is 0 Å². The van der Waals surface area contributed by atoms with Crippen LogP contribution < -0.4 is 10.5 Å². The molecule has 0 spiro atoms. The largest absolute Gasteiger partial charge is 0.492 e. The maximum atomic E-state index is 11.2. The highest BCUT2D eigenvalue weighted by molar-refractivity contribution is 5.99. The van der Waals surface area contributed by atoms with Gasteiger partial charge in [0.2, 0.25) is 0 Å². The van der Waals surface area contributed by atoms with E-state index in [0.717, 1.165) is 18.3 Å². The topological polar surface area (TPSA) is 55.6 Å². The second-order valence-electron chi connectivity index (χ2n) is 4.87. The SMILES string of the molecule is CC(=O)c1ccc(OCCN(C)C2CC2)cc1N. The molecule has 98 valence electrons. The number of nitrogen functional groups attached to an aromatic ring is 1. The van der Waals surface area contributed by atoms with E-state index >= 15 is 0 Å². The molecule has 4 nitrogen and oxygen atoms in total. The normalized spacial score (nSPS) is 14.8. The van der Waals surface area contributed by atoms with Crippen LogP contribution in [0.15, 0.2) is 18.2 Å². The monoisotopic (exact) mass is 248 g/mol. The molecule has 2 N–H and O–H groups in total. The van der Waals surface area contributed by atoms with Gasteiger partial charge in [0.05, 0.1) is 0 Å². The second kappa shape index (κ2) is 5.40. The average molecular weight is 248 g/mol. The Labute approximate surface area is 108 Å². The fourth-order valence-corrected chi connectivity index (χ4v) is 1.96. The number of nitrogens with zero attached hydrogens (tertiary/aromatic N) is 1. The van der Waals surface area contributed by atoms with Crippen molar-refractivity contribution in [2.45, 2.75) is 25.8 Å². The van der Waals surface area contributed by atoms with Crippen molar-refractivity contribution in [3.8, 4) is 5.75 Å². The van der Waals surface area contributed by atoms with Crippen molar-refractivity contribution in [1.29, 1.82) is 0 Å². The van der Waals surface area contributed by atoms with Crippen LogP contribution in [0.4, 0.5) is 5.69 Å². The molecule has 4 heteroatoms. The second-order valence-corrected chi connectivity index (χ2v) is 4.87. The van der Waals surface area contributed by atoms with Crippen molar-refractivity contribution < 1.29 is 9.53 Å². The molecular weight excluding hydrogens is 228 g/mol. The van der Waals surface area contributed by atoms with Crippen LogP contribution in [0.1, 0.15) is 30.1 Å². The fraction of sp³-hybridized carbons (Fsp3) is 0.500. The minimum atomic E-state index is -0.0208. The Hall–Kier alpha value is -1.55. The summed E-state index contributed by atoms with van der Waals surface area (Å²) in [6.45, 7) is 3.07. The number of ether oxygens (including phenoxy) is 1. The van der Waals surface area contributed by atoms with E-state index in [1.165, 1.54) is 19.8 Å². The zero-order valence-electron chi connectivity index (χ0n) is 11.0. The summed E-state index contributed by atoms with van der Waals surface area (Å²) in [4.78, 5) is 13.5. The molecule has 1 aliphatic carbocycles.